The van der Waals surface area contributed by atoms with Gasteiger partial charge in [-0.05, 0) is 11.6 Å². The average molecular weight is 203 g/mol. The number of rotatable bonds is 3. The molecule has 0 aromatic carbocycles. The third-order valence-corrected chi connectivity index (χ3v) is 1.77. The van der Waals surface area contributed by atoms with Crippen molar-refractivity contribution in [3.8, 4) is 0 Å². The van der Waals surface area contributed by atoms with Gasteiger partial charge in [0, 0.05) is 12.4 Å². The largest absolute Gasteiger partial charge is 0.432 e. The van der Waals surface area contributed by atoms with Gasteiger partial charge in [0.1, 0.15) is 6.26 Å². The smallest absolute Gasteiger partial charge is 0.301 e. The van der Waals surface area contributed by atoms with Crippen molar-refractivity contribution in [2.24, 2.45) is 0 Å². The molecule has 0 unspecified atom stereocenters. The van der Waals surface area contributed by atoms with Crippen LogP contribution in [0.3, 0.4) is 0 Å². The first-order valence-electron chi connectivity index (χ1n) is 4.43. The first kappa shape index (κ1) is 9.39. The van der Waals surface area contributed by atoms with E-state index >= 15 is 0 Å². The molecule has 76 valence electrons. The van der Waals surface area contributed by atoms with Gasteiger partial charge in [-0.3, -0.25) is 15.1 Å². The van der Waals surface area contributed by atoms with Gasteiger partial charge < -0.3 is 4.42 Å². The Bertz CT molecular complexity index is 425. The van der Waals surface area contributed by atoms with Gasteiger partial charge in [0.25, 0.3) is 0 Å². The predicted octanol–water partition coefficient (Wildman–Crippen LogP) is 1.25. The zero-order valence-corrected chi connectivity index (χ0v) is 7.88. The van der Waals surface area contributed by atoms with Crippen LogP contribution in [0.4, 0.5) is 6.01 Å². The lowest BCUT2D eigenvalue weighted by atomic mass is 10.2. The van der Waals surface area contributed by atoms with E-state index in [1.54, 1.807) is 18.5 Å². The van der Waals surface area contributed by atoms with Crippen LogP contribution < -0.4 is 5.32 Å². The van der Waals surface area contributed by atoms with E-state index in [1.807, 2.05) is 6.07 Å². The summed E-state index contributed by atoms with van der Waals surface area (Å²) in [5.74, 6) is -0.176. The maximum atomic E-state index is 11.4. The summed E-state index contributed by atoms with van der Waals surface area (Å²) in [7, 11) is 0. The molecule has 0 aliphatic heterocycles. The first-order chi connectivity index (χ1) is 7.34. The fourth-order valence-electron chi connectivity index (χ4n) is 1.14. The molecule has 5 heteroatoms. The van der Waals surface area contributed by atoms with E-state index < -0.39 is 0 Å². The van der Waals surface area contributed by atoms with E-state index in [4.69, 9.17) is 4.42 Å². The van der Waals surface area contributed by atoms with E-state index in [2.05, 4.69) is 15.3 Å². The Kier molecular flexibility index (Phi) is 2.73. The Hall–Kier alpha value is -2.17. The zero-order chi connectivity index (χ0) is 10.5. The number of anilines is 1. The van der Waals surface area contributed by atoms with Crippen LogP contribution in [-0.2, 0) is 11.2 Å². The summed E-state index contributed by atoms with van der Waals surface area (Å²) in [5.41, 5.74) is 0.849. The number of nitrogens with zero attached hydrogens (tertiary/aromatic N) is 2. The molecule has 0 radical (unpaired) electrons. The molecule has 15 heavy (non-hydrogen) atoms. The first-order valence-corrected chi connectivity index (χ1v) is 4.43. The number of hydrogen-bond acceptors (Lipinski definition) is 4. The monoisotopic (exact) mass is 203 g/mol. The maximum Gasteiger partial charge on any atom is 0.301 e. The minimum atomic E-state index is -0.176. The number of amides is 1. The van der Waals surface area contributed by atoms with Crippen molar-refractivity contribution < 1.29 is 9.21 Å². The molecule has 0 bridgehead atoms. The van der Waals surface area contributed by atoms with Gasteiger partial charge >= 0.3 is 6.01 Å². The van der Waals surface area contributed by atoms with Crippen LogP contribution >= 0.6 is 0 Å². The van der Waals surface area contributed by atoms with Gasteiger partial charge in [-0.1, -0.05) is 6.07 Å². The van der Waals surface area contributed by atoms with Gasteiger partial charge in [0.05, 0.1) is 12.6 Å². The molecule has 0 fully saturated rings. The van der Waals surface area contributed by atoms with E-state index in [1.165, 1.54) is 12.5 Å². The van der Waals surface area contributed by atoms with Gasteiger partial charge in [0.15, 0.2) is 0 Å². The van der Waals surface area contributed by atoms with E-state index in [0.29, 0.717) is 0 Å². The Morgan fingerprint density at radius 2 is 2.40 bits per heavy atom. The molecule has 1 amide bonds. The summed E-state index contributed by atoms with van der Waals surface area (Å²) < 4.78 is 4.88. The van der Waals surface area contributed by atoms with E-state index in [9.17, 15) is 4.79 Å². The van der Waals surface area contributed by atoms with Crippen molar-refractivity contribution in [2.75, 3.05) is 5.32 Å². The minimum Gasteiger partial charge on any atom is -0.432 e. The van der Waals surface area contributed by atoms with Gasteiger partial charge in [-0.15, -0.1) is 0 Å². The van der Waals surface area contributed by atoms with Crippen LogP contribution in [-0.4, -0.2) is 15.9 Å². The van der Waals surface area contributed by atoms with Gasteiger partial charge in [0.2, 0.25) is 5.91 Å². The molecule has 2 rings (SSSR count). The summed E-state index contributed by atoms with van der Waals surface area (Å²) in [6.45, 7) is 0. The van der Waals surface area contributed by atoms with Crippen LogP contribution in [0.1, 0.15) is 5.56 Å². The second kappa shape index (κ2) is 4.36. The highest BCUT2D eigenvalue weighted by molar-refractivity contribution is 5.90. The van der Waals surface area contributed by atoms with Crippen molar-refractivity contribution in [3.05, 3.63) is 42.5 Å². The second-order valence-corrected chi connectivity index (χ2v) is 2.92. The molecule has 2 aromatic heterocycles. The van der Waals surface area contributed by atoms with Gasteiger partial charge in [-0.25, -0.2) is 4.98 Å². The number of nitrogens with one attached hydrogen (secondary N) is 1. The Balaban J connectivity index is 1.94. The quantitative estimate of drug-likeness (QED) is 0.815. The maximum absolute atomic E-state index is 11.4. The highest BCUT2D eigenvalue weighted by Crippen LogP contribution is 2.03. The minimum absolute atomic E-state index is 0.176. The van der Waals surface area contributed by atoms with Crippen LogP contribution in [0.5, 0.6) is 0 Å². The van der Waals surface area contributed by atoms with E-state index in [0.717, 1.165) is 5.56 Å². The Morgan fingerprint density at radius 3 is 3.07 bits per heavy atom. The number of pyridine rings is 1. The Morgan fingerprint density at radius 1 is 1.47 bits per heavy atom. The Labute approximate surface area is 86.2 Å². The summed E-state index contributed by atoms with van der Waals surface area (Å²) in [4.78, 5) is 19.1. The second-order valence-electron chi connectivity index (χ2n) is 2.92. The summed E-state index contributed by atoms with van der Waals surface area (Å²) >= 11 is 0. The van der Waals surface area contributed by atoms with Crippen LogP contribution in [0.15, 0.2) is 41.4 Å². The lowest BCUT2D eigenvalue weighted by Gasteiger charge is -1.99. The van der Waals surface area contributed by atoms with Crippen LogP contribution in [0, 0.1) is 0 Å². The SMILES string of the molecule is O=C(Cc1cccnc1)Nc1ncco1. The van der Waals surface area contributed by atoms with Crippen molar-refractivity contribution >= 4 is 11.9 Å². The molecule has 2 aromatic rings. The highest BCUT2D eigenvalue weighted by Gasteiger charge is 2.05. The van der Waals surface area contributed by atoms with Crippen molar-refractivity contribution in [2.45, 2.75) is 6.42 Å². The summed E-state index contributed by atoms with van der Waals surface area (Å²) in [5, 5.41) is 2.53. The number of aromatic nitrogens is 2. The van der Waals surface area contributed by atoms with Crippen molar-refractivity contribution in [1.82, 2.24) is 9.97 Å². The molecular weight excluding hydrogens is 194 g/mol. The molecule has 0 saturated heterocycles. The topological polar surface area (TPSA) is 68.0 Å². The lowest BCUT2D eigenvalue weighted by Crippen LogP contribution is -2.14. The molecular formula is C10H9N3O2. The molecule has 0 spiro atoms. The van der Waals surface area contributed by atoms with Gasteiger partial charge in [-0.2, -0.15) is 0 Å². The highest BCUT2D eigenvalue weighted by atomic mass is 16.4. The third-order valence-electron chi connectivity index (χ3n) is 1.77. The number of carbonyl (C=O) groups excluding carboxylic acids is 1. The number of oxazole rings is 1. The van der Waals surface area contributed by atoms with Crippen LogP contribution in [0.2, 0.25) is 0 Å². The molecule has 0 aliphatic rings. The fraction of sp³-hybridized carbons (Fsp3) is 0.100. The summed E-state index contributed by atoms with van der Waals surface area (Å²) in [6.07, 6.45) is 6.44. The molecule has 1 N–H and O–H groups in total. The average Bonchev–Trinajstić information content (AvgIpc) is 2.71. The standard InChI is InChI=1S/C10H9N3O2/c14-9(13-10-12-4-5-15-10)6-8-2-1-3-11-7-8/h1-5,7H,6H2,(H,12,13,14). The molecule has 5 nitrogen and oxygen atoms in total. The third kappa shape index (κ3) is 2.63. The van der Waals surface area contributed by atoms with Crippen molar-refractivity contribution in [1.29, 1.82) is 0 Å². The number of carbonyl (C=O) groups is 1. The zero-order valence-electron chi connectivity index (χ0n) is 7.88. The molecule has 0 aliphatic carbocycles. The molecule has 2 heterocycles. The number of hydrogen-bond donors (Lipinski definition) is 1. The van der Waals surface area contributed by atoms with Crippen molar-refractivity contribution in [3.63, 3.8) is 0 Å². The molecule has 0 saturated carbocycles. The fourth-order valence-corrected chi connectivity index (χ4v) is 1.14. The summed E-state index contributed by atoms with van der Waals surface area (Å²) in [6, 6.07) is 3.83. The van der Waals surface area contributed by atoms with Crippen LogP contribution in [0.25, 0.3) is 0 Å². The predicted molar refractivity (Wildman–Crippen MR) is 53.1 cm³/mol. The van der Waals surface area contributed by atoms with E-state index in [-0.39, 0.29) is 18.3 Å². The normalized spacial score (nSPS) is 9.87. The molecule has 0 atom stereocenters. The lowest BCUT2D eigenvalue weighted by molar-refractivity contribution is -0.115.